The summed E-state index contributed by atoms with van der Waals surface area (Å²) >= 11 is 6.15. The van der Waals surface area contributed by atoms with Gasteiger partial charge < -0.3 is 15.0 Å². The van der Waals surface area contributed by atoms with E-state index in [2.05, 4.69) is 15.3 Å². The van der Waals surface area contributed by atoms with E-state index < -0.39 is 35.5 Å². The van der Waals surface area contributed by atoms with Crippen molar-refractivity contribution in [1.82, 2.24) is 19.9 Å². The van der Waals surface area contributed by atoms with Gasteiger partial charge in [-0.05, 0) is 17.7 Å². The molecule has 1 aromatic carbocycles. The van der Waals surface area contributed by atoms with Crippen molar-refractivity contribution in [3.63, 3.8) is 0 Å². The highest BCUT2D eigenvalue weighted by Gasteiger charge is 2.35. The van der Waals surface area contributed by atoms with E-state index in [1.54, 1.807) is 10.6 Å². The van der Waals surface area contributed by atoms with Crippen LogP contribution in [0.5, 0.6) is 0 Å². The quantitative estimate of drug-likeness (QED) is 0.513. The Bertz CT molecular complexity index is 1070. The van der Waals surface area contributed by atoms with Crippen LogP contribution in [0.15, 0.2) is 24.4 Å². The number of imidazole rings is 1. The summed E-state index contributed by atoms with van der Waals surface area (Å²) in [6.45, 7) is 0.0899. The summed E-state index contributed by atoms with van der Waals surface area (Å²) in [6.07, 6.45) is 0.284. The van der Waals surface area contributed by atoms with Crippen molar-refractivity contribution in [2.24, 2.45) is 0 Å². The summed E-state index contributed by atoms with van der Waals surface area (Å²) in [4.78, 5) is 19.7. The smallest absolute Gasteiger partial charge is 0.404 e. The molecule has 2 aromatic heterocycles. The van der Waals surface area contributed by atoms with E-state index in [9.17, 15) is 18.0 Å². The predicted octanol–water partition coefficient (Wildman–Crippen LogP) is 3.48. The minimum atomic E-state index is -1.31. The Labute approximate surface area is 155 Å². The molecule has 3 aromatic rings. The number of nitrogens with zero attached hydrogens (tertiary/aromatic N) is 3. The molecule has 6 nitrogen and oxygen atoms in total. The molecule has 1 amide bonds. The van der Waals surface area contributed by atoms with Gasteiger partial charge in [-0.25, -0.2) is 27.9 Å². The number of rotatable bonds is 2. The number of fused-ring (bicyclic) bond motifs is 3. The van der Waals surface area contributed by atoms with Crippen molar-refractivity contribution in [3.8, 4) is 0 Å². The fraction of sp³-hybridized carbons (Fsp3) is 0.235. The largest absolute Gasteiger partial charge is 0.465 e. The van der Waals surface area contributed by atoms with E-state index >= 15 is 0 Å². The molecule has 4 rings (SSSR count). The van der Waals surface area contributed by atoms with Gasteiger partial charge in [0.15, 0.2) is 16.8 Å². The van der Waals surface area contributed by atoms with Gasteiger partial charge in [-0.3, -0.25) is 0 Å². The van der Waals surface area contributed by atoms with Crippen molar-refractivity contribution < 1.29 is 23.1 Å². The maximum Gasteiger partial charge on any atom is 0.404 e. The third kappa shape index (κ3) is 2.97. The van der Waals surface area contributed by atoms with Gasteiger partial charge in [0.2, 0.25) is 0 Å². The minimum absolute atomic E-state index is 0.0899. The third-order valence-electron chi connectivity index (χ3n) is 4.70. The minimum Gasteiger partial charge on any atom is -0.465 e. The van der Waals surface area contributed by atoms with Crippen molar-refractivity contribution in [2.45, 2.75) is 24.9 Å². The molecule has 0 saturated heterocycles. The van der Waals surface area contributed by atoms with Crippen molar-refractivity contribution in [3.05, 3.63) is 58.4 Å². The Morgan fingerprint density at radius 2 is 2.00 bits per heavy atom. The van der Waals surface area contributed by atoms with Gasteiger partial charge in [-0.2, -0.15) is 0 Å². The maximum atomic E-state index is 14.3. The number of amides is 1. The van der Waals surface area contributed by atoms with Crippen LogP contribution in [-0.4, -0.2) is 31.8 Å². The van der Waals surface area contributed by atoms with Crippen LogP contribution < -0.4 is 5.32 Å². The van der Waals surface area contributed by atoms with Crippen LogP contribution in [0.4, 0.5) is 18.0 Å². The first-order valence-electron chi connectivity index (χ1n) is 7.98. The van der Waals surface area contributed by atoms with Gasteiger partial charge in [-0.15, -0.1) is 0 Å². The Balaban J connectivity index is 1.85. The Morgan fingerprint density at radius 3 is 2.74 bits per heavy atom. The summed E-state index contributed by atoms with van der Waals surface area (Å²) in [7, 11) is 0. The van der Waals surface area contributed by atoms with Crippen LogP contribution >= 0.6 is 11.6 Å². The molecular formula is C17H12ClF3N4O2. The van der Waals surface area contributed by atoms with Crippen LogP contribution in [0, 0.1) is 17.5 Å². The van der Waals surface area contributed by atoms with Gasteiger partial charge >= 0.3 is 6.09 Å². The SMILES string of the molecule is O=C(O)N[C@H]1Cn2c(nc3ccnc(Cl)c32)C[C@@H]1c1cc(F)c(F)cc1F. The first-order valence-corrected chi connectivity index (χ1v) is 8.36. The van der Waals surface area contributed by atoms with Crippen LogP contribution in [-0.2, 0) is 13.0 Å². The van der Waals surface area contributed by atoms with Gasteiger partial charge in [0.25, 0.3) is 0 Å². The zero-order chi connectivity index (χ0) is 19.3. The molecule has 0 saturated carbocycles. The van der Waals surface area contributed by atoms with E-state index in [1.807, 2.05) is 0 Å². The second-order valence-electron chi connectivity index (χ2n) is 6.26. The zero-order valence-electron chi connectivity index (χ0n) is 13.6. The molecule has 1 aliphatic heterocycles. The molecule has 10 heteroatoms. The molecular weight excluding hydrogens is 385 g/mol. The second kappa shape index (κ2) is 6.41. The lowest BCUT2D eigenvalue weighted by Crippen LogP contribution is -2.45. The van der Waals surface area contributed by atoms with E-state index in [1.165, 1.54) is 6.20 Å². The maximum absolute atomic E-state index is 14.3. The van der Waals surface area contributed by atoms with Crippen LogP contribution in [0.25, 0.3) is 11.0 Å². The molecule has 3 heterocycles. The van der Waals surface area contributed by atoms with E-state index in [0.717, 1.165) is 6.07 Å². The molecule has 0 radical (unpaired) electrons. The molecule has 1 aliphatic rings. The predicted molar refractivity (Wildman–Crippen MR) is 90.2 cm³/mol. The van der Waals surface area contributed by atoms with Crippen molar-refractivity contribution >= 4 is 28.7 Å². The van der Waals surface area contributed by atoms with Crippen molar-refractivity contribution in [2.75, 3.05) is 0 Å². The molecule has 140 valence electrons. The van der Waals surface area contributed by atoms with Crippen LogP contribution in [0.1, 0.15) is 17.3 Å². The van der Waals surface area contributed by atoms with Crippen molar-refractivity contribution in [1.29, 1.82) is 0 Å². The van der Waals surface area contributed by atoms with E-state index in [0.29, 0.717) is 22.9 Å². The fourth-order valence-corrected chi connectivity index (χ4v) is 3.81. The second-order valence-corrected chi connectivity index (χ2v) is 6.62. The van der Waals surface area contributed by atoms with Gasteiger partial charge in [0, 0.05) is 31.1 Å². The lowest BCUT2D eigenvalue weighted by Gasteiger charge is -2.33. The number of halogens is 4. The first kappa shape index (κ1) is 17.6. The number of pyridine rings is 1. The van der Waals surface area contributed by atoms with E-state index in [4.69, 9.17) is 16.7 Å². The lowest BCUT2D eigenvalue weighted by molar-refractivity contribution is 0.183. The van der Waals surface area contributed by atoms with Gasteiger partial charge in [0.05, 0.1) is 11.6 Å². The fourth-order valence-electron chi connectivity index (χ4n) is 3.56. The highest BCUT2D eigenvalue weighted by atomic mass is 35.5. The summed E-state index contributed by atoms with van der Waals surface area (Å²) in [5.74, 6) is -3.70. The number of benzene rings is 1. The topological polar surface area (TPSA) is 80.0 Å². The van der Waals surface area contributed by atoms with Crippen LogP contribution in [0.2, 0.25) is 5.15 Å². The normalized spacial score (nSPS) is 19.1. The summed E-state index contributed by atoms with van der Waals surface area (Å²) in [6, 6.07) is 2.07. The third-order valence-corrected chi connectivity index (χ3v) is 4.98. The number of hydrogen-bond acceptors (Lipinski definition) is 3. The van der Waals surface area contributed by atoms with E-state index in [-0.39, 0.29) is 23.7 Å². The summed E-state index contributed by atoms with van der Waals surface area (Å²) in [5, 5.41) is 11.7. The Hall–Kier alpha value is -2.81. The van der Waals surface area contributed by atoms with Gasteiger partial charge in [-0.1, -0.05) is 11.6 Å². The number of carboxylic acid groups (broad SMARTS) is 1. The average molecular weight is 397 g/mol. The molecule has 2 atom stereocenters. The summed E-state index contributed by atoms with van der Waals surface area (Å²) < 4.78 is 43.0. The number of aromatic nitrogens is 3. The lowest BCUT2D eigenvalue weighted by atomic mass is 9.85. The molecule has 0 unspecified atom stereocenters. The highest BCUT2D eigenvalue weighted by molar-refractivity contribution is 6.33. The number of carbonyl (C=O) groups is 1. The molecule has 0 aliphatic carbocycles. The standard InChI is InChI=1S/C17H12ClF3N4O2/c18-16-15-12(1-2-22-16)23-14-4-8(13(6-25(14)15)24-17(26)27)7-3-10(20)11(21)5-9(7)19/h1-3,5,8,13,24H,4,6H2,(H,26,27)/t8-,13+/m1/s1. The first-order chi connectivity index (χ1) is 12.8. The average Bonchev–Trinajstić information content (AvgIpc) is 2.96. The molecule has 0 fully saturated rings. The Morgan fingerprint density at radius 1 is 1.26 bits per heavy atom. The number of nitrogens with one attached hydrogen (secondary N) is 1. The summed E-state index contributed by atoms with van der Waals surface area (Å²) in [5.41, 5.74) is 0.983. The van der Waals surface area contributed by atoms with Gasteiger partial charge in [0.1, 0.15) is 17.2 Å². The van der Waals surface area contributed by atoms with Crippen LogP contribution in [0.3, 0.4) is 0 Å². The molecule has 0 spiro atoms. The Kier molecular flexibility index (Phi) is 4.18. The zero-order valence-corrected chi connectivity index (χ0v) is 14.3. The molecule has 2 N–H and O–H groups in total. The molecule has 0 bridgehead atoms. The molecule has 27 heavy (non-hydrogen) atoms. The number of hydrogen-bond donors (Lipinski definition) is 2. The highest BCUT2D eigenvalue weighted by Crippen LogP contribution is 2.35. The monoisotopic (exact) mass is 396 g/mol.